The van der Waals surface area contributed by atoms with Gasteiger partial charge in [-0.2, -0.15) is 0 Å². The summed E-state index contributed by atoms with van der Waals surface area (Å²) in [5.41, 5.74) is 0. The minimum absolute atomic E-state index is 0.101. The average molecular weight is 419 g/mol. The first kappa shape index (κ1) is 23.6. The van der Waals surface area contributed by atoms with Gasteiger partial charge in [0.05, 0.1) is 0 Å². The second-order valence-corrected chi connectivity index (χ2v) is 10.9. The molecule has 0 aromatic rings. The Labute approximate surface area is 184 Å². The first-order valence-corrected chi connectivity index (χ1v) is 13.0. The molecular formula is C26H46N2O2. The second kappa shape index (κ2) is 11.0. The third kappa shape index (κ3) is 6.01. The summed E-state index contributed by atoms with van der Waals surface area (Å²) in [6, 6.07) is 0.696. The molecule has 4 heteroatoms. The number of amides is 2. The van der Waals surface area contributed by atoms with Gasteiger partial charge in [-0.1, -0.05) is 40.5 Å². The van der Waals surface area contributed by atoms with Crippen molar-refractivity contribution in [2.75, 3.05) is 0 Å². The first-order chi connectivity index (χ1) is 14.4. The van der Waals surface area contributed by atoms with E-state index in [4.69, 9.17) is 0 Å². The van der Waals surface area contributed by atoms with Crippen LogP contribution in [0.4, 0.5) is 0 Å². The van der Waals surface area contributed by atoms with Gasteiger partial charge in [0.25, 0.3) is 0 Å². The summed E-state index contributed by atoms with van der Waals surface area (Å²) in [6.45, 7) is 9.15. The number of rotatable bonds is 6. The molecule has 0 radical (unpaired) electrons. The molecule has 2 N–H and O–H groups in total. The highest BCUT2D eigenvalue weighted by atomic mass is 16.2. The largest absolute Gasteiger partial charge is 0.353 e. The normalized spacial score (nSPS) is 39.9. The van der Waals surface area contributed by atoms with Crippen molar-refractivity contribution >= 4 is 11.8 Å². The summed E-state index contributed by atoms with van der Waals surface area (Å²) in [7, 11) is 0. The van der Waals surface area contributed by atoms with Crippen molar-refractivity contribution in [3.8, 4) is 0 Å². The van der Waals surface area contributed by atoms with Crippen molar-refractivity contribution in [2.24, 2.45) is 35.5 Å². The predicted octanol–water partition coefficient (Wildman–Crippen LogP) is 5.45. The molecule has 0 spiro atoms. The maximum atomic E-state index is 12.8. The van der Waals surface area contributed by atoms with Crippen molar-refractivity contribution in [3.05, 3.63) is 0 Å². The first-order valence-electron chi connectivity index (χ1n) is 13.0. The molecule has 3 rings (SSSR count). The van der Waals surface area contributed by atoms with Crippen LogP contribution < -0.4 is 10.6 Å². The van der Waals surface area contributed by atoms with Crippen molar-refractivity contribution in [1.82, 2.24) is 10.6 Å². The number of carbonyl (C=O) groups is 2. The van der Waals surface area contributed by atoms with Gasteiger partial charge >= 0.3 is 0 Å². The zero-order valence-corrected chi connectivity index (χ0v) is 19.9. The molecule has 6 atom stereocenters. The highest BCUT2D eigenvalue weighted by molar-refractivity contribution is 5.81. The fraction of sp³-hybridized carbons (Fsp3) is 0.923. The SMILES string of the molecule is CCC1CCC(NC(=O)C2CCC(C(=O)NC3CCC(CC)CC3C)CC2)C(C)C1. The molecule has 0 heterocycles. The van der Waals surface area contributed by atoms with Crippen molar-refractivity contribution in [2.45, 2.75) is 117 Å². The Kier molecular flexibility index (Phi) is 8.65. The molecule has 172 valence electrons. The second-order valence-electron chi connectivity index (χ2n) is 10.9. The Morgan fingerprint density at radius 1 is 0.633 bits per heavy atom. The molecule has 0 aromatic carbocycles. The molecule has 3 aliphatic carbocycles. The summed E-state index contributed by atoms with van der Waals surface area (Å²) in [5.74, 6) is 3.52. The van der Waals surface area contributed by atoms with E-state index in [9.17, 15) is 9.59 Å². The molecule has 30 heavy (non-hydrogen) atoms. The molecule has 3 fully saturated rings. The minimum atomic E-state index is 0.101. The van der Waals surface area contributed by atoms with E-state index in [-0.39, 0.29) is 23.7 Å². The number of nitrogens with one attached hydrogen (secondary N) is 2. The third-order valence-corrected chi connectivity index (χ3v) is 8.83. The van der Waals surface area contributed by atoms with E-state index >= 15 is 0 Å². The van der Waals surface area contributed by atoms with Gasteiger partial charge in [-0.25, -0.2) is 0 Å². The molecule has 6 unspecified atom stereocenters. The van der Waals surface area contributed by atoms with Gasteiger partial charge in [0.2, 0.25) is 11.8 Å². The summed E-state index contributed by atoms with van der Waals surface area (Å²) in [6.07, 6.45) is 13.2. The lowest BCUT2D eigenvalue weighted by molar-refractivity contribution is -0.132. The van der Waals surface area contributed by atoms with Crippen LogP contribution in [0.3, 0.4) is 0 Å². The quantitative estimate of drug-likeness (QED) is 0.602. The molecule has 3 aliphatic rings. The van der Waals surface area contributed by atoms with Crippen LogP contribution in [0, 0.1) is 35.5 Å². The molecule has 3 saturated carbocycles. The number of hydrogen-bond acceptors (Lipinski definition) is 2. The Bertz CT molecular complexity index is 519. The van der Waals surface area contributed by atoms with Gasteiger partial charge in [-0.05, 0) is 87.9 Å². The van der Waals surface area contributed by atoms with Crippen LogP contribution >= 0.6 is 0 Å². The molecule has 0 aliphatic heterocycles. The highest BCUT2D eigenvalue weighted by Gasteiger charge is 2.35. The van der Waals surface area contributed by atoms with Crippen LogP contribution in [-0.4, -0.2) is 23.9 Å². The van der Waals surface area contributed by atoms with E-state index in [1.807, 2.05) is 0 Å². The highest BCUT2D eigenvalue weighted by Crippen LogP contribution is 2.34. The number of hydrogen-bond donors (Lipinski definition) is 2. The Hall–Kier alpha value is -1.06. The monoisotopic (exact) mass is 418 g/mol. The van der Waals surface area contributed by atoms with E-state index in [1.54, 1.807) is 0 Å². The maximum Gasteiger partial charge on any atom is 0.223 e. The van der Waals surface area contributed by atoms with E-state index in [0.717, 1.165) is 50.4 Å². The van der Waals surface area contributed by atoms with Gasteiger partial charge in [-0.15, -0.1) is 0 Å². The fourth-order valence-corrected chi connectivity index (χ4v) is 6.40. The van der Waals surface area contributed by atoms with Gasteiger partial charge in [0, 0.05) is 23.9 Å². The molecular weight excluding hydrogens is 372 g/mol. The molecule has 4 nitrogen and oxygen atoms in total. The van der Waals surface area contributed by atoms with Crippen molar-refractivity contribution < 1.29 is 9.59 Å². The van der Waals surface area contributed by atoms with Crippen molar-refractivity contribution in [1.29, 1.82) is 0 Å². The lowest BCUT2D eigenvalue weighted by Gasteiger charge is -2.37. The summed E-state index contributed by atoms with van der Waals surface area (Å²) < 4.78 is 0. The zero-order valence-electron chi connectivity index (χ0n) is 19.9. The van der Waals surface area contributed by atoms with Gasteiger partial charge in [0.15, 0.2) is 0 Å². The minimum Gasteiger partial charge on any atom is -0.353 e. The van der Waals surface area contributed by atoms with Crippen LogP contribution in [-0.2, 0) is 9.59 Å². The van der Waals surface area contributed by atoms with E-state index < -0.39 is 0 Å². The number of carbonyl (C=O) groups excluding carboxylic acids is 2. The van der Waals surface area contributed by atoms with E-state index in [1.165, 1.54) is 38.5 Å². The summed E-state index contributed by atoms with van der Waals surface area (Å²) in [4.78, 5) is 25.7. The van der Waals surface area contributed by atoms with Crippen LogP contribution in [0.5, 0.6) is 0 Å². The predicted molar refractivity (Wildman–Crippen MR) is 123 cm³/mol. The maximum absolute atomic E-state index is 12.8. The molecule has 2 amide bonds. The molecule has 0 saturated heterocycles. The lowest BCUT2D eigenvalue weighted by atomic mass is 9.76. The van der Waals surface area contributed by atoms with Gasteiger partial charge < -0.3 is 10.6 Å². The summed E-state index contributed by atoms with van der Waals surface area (Å²) in [5, 5.41) is 6.74. The van der Waals surface area contributed by atoms with Crippen LogP contribution in [0.2, 0.25) is 0 Å². The zero-order chi connectivity index (χ0) is 21.7. The van der Waals surface area contributed by atoms with Gasteiger partial charge in [0.1, 0.15) is 0 Å². The van der Waals surface area contributed by atoms with Crippen LogP contribution in [0.25, 0.3) is 0 Å². The molecule has 0 bridgehead atoms. The Balaban J connectivity index is 1.40. The van der Waals surface area contributed by atoms with E-state index in [0.29, 0.717) is 23.9 Å². The lowest BCUT2D eigenvalue weighted by Crippen LogP contribution is -2.47. The Morgan fingerprint density at radius 2 is 1.00 bits per heavy atom. The molecule has 0 aromatic heterocycles. The topological polar surface area (TPSA) is 58.2 Å². The van der Waals surface area contributed by atoms with Crippen LogP contribution in [0.1, 0.15) is 105 Å². The summed E-state index contributed by atoms with van der Waals surface area (Å²) >= 11 is 0. The smallest absolute Gasteiger partial charge is 0.223 e. The van der Waals surface area contributed by atoms with Crippen molar-refractivity contribution in [3.63, 3.8) is 0 Å². The van der Waals surface area contributed by atoms with E-state index in [2.05, 4.69) is 38.3 Å². The average Bonchev–Trinajstić information content (AvgIpc) is 2.76. The Morgan fingerprint density at radius 3 is 1.30 bits per heavy atom. The standard InChI is InChI=1S/C26H46N2O2/c1-5-19-7-13-23(17(3)15-19)27-25(29)21-9-11-22(12-10-21)26(30)28-24-14-8-20(6-2)16-18(24)4/h17-24H,5-16H2,1-4H3,(H,27,29)(H,28,30). The third-order valence-electron chi connectivity index (χ3n) is 8.83. The van der Waals surface area contributed by atoms with Crippen LogP contribution in [0.15, 0.2) is 0 Å². The fourth-order valence-electron chi connectivity index (χ4n) is 6.40. The van der Waals surface area contributed by atoms with Gasteiger partial charge in [-0.3, -0.25) is 9.59 Å².